The van der Waals surface area contributed by atoms with Gasteiger partial charge >= 0.3 is 0 Å². The molecule has 1 aromatic rings. The molecule has 0 fully saturated rings. The Morgan fingerprint density at radius 2 is 1.67 bits per heavy atom. The molecule has 1 rings (SSSR count). The molecule has 6 heteroatoms. The van der Waals surface area contributed by atoms with Crippen LogP contribution < -0.4 is 0 Å². The molecule has 0 aliphatic heterocycles. The van der Waals surface area contributed by atoms with Crippen LogP contribution in [0.15, 0.2) is 18.2 Å². The molecule has 0 unspecified atom stereocenters. The number of sulfonamides is 1. The van der Waals surface area contributed by atoms with Gasteiger partial charge in [0, 0.05) is 23.6 Å². The molecule has 0 aromatic heterocycles. The molecular weight excluding hydrogens is 257 g/mol. The van der Waals surface area contributed by atoms with Crippen molar-refractivity contribution in [3.05, 3.63) is 33.8 Å². The first-order valence-electron chi connectivity index (χ1n) is 4.15. The predicted octanol–water partition coefficient (Wildman–Crippen LogP) is 2.38. The van der Waals surface area contributed by atoms with Gasteiger partial charge in [0.2, 0.25) is 10.0 Å². The Balaban J connectivity index is 2.90. The summed E-state index contributed by atoms with van der Waals surface area (Å²) >= 11 is 11.6. The molecular formula is C9H11Cl2NO2S. The summed E-state index contributed by atoms with van der Waals surface area (Å²) < 4.78 is 23.6. The Bertz CT molecular complexity index is 439. The van der Waals surface area contributed by atoms with Crippen molar-refractivity contribution in [3.63, 3.8) is 0 Å². The minimum absolute atomic E-state index is 0.263. The Kier molecular flexibility index (Phi) is 4.00. The van der Waals surface area contributed by atoms with E-state index in [0.717, 1.165) is 11.8 Å². The molecule has 0 N–H and O–H groups in total. The van der Waals surface area contributed by atoms with Crippen LogP contribution in [0.3, 0.4) is 0 Å². The van der Waals surface area contributed by atoms with Crippen LogP contribution in [0.2, 0.25) is 10.0 Å². The van der Waals surface area contributed by atoms with Crippen LogP contribution in [0.25, 0.3) is 0 Å². The summed E-state index contributed by atoms with van der Waals surface area (Å²) in [5, 5.41) is 0.999. The van der Waals surface area contributed by atoms with Crippen molar-refractivity contribution in [2.24, 2.45) is 0 Å². The van der Waals surface area contributed by atoms with E-state index in [0.29, 0.717) is 10.0 Å². The third kappa shape index (κ3) is 3.99. The molecule has 0 saturated heterocycles. The number of rotatable bonds is 3. The number of halogens is 2. The van der Waals surface area contributed by atoms with Gasteiger partial charge in [0.25, 0.3) is 0 Å². The summed E-state index contributed by atoms with van der Waals surface area (Å²) in [6.45, 7) is 0.263. The van der Waals surface area contributed by atoms with Crippen molar-refractivity contribution in [1.29, 1.82) is 0 Å². The zero-order chi connectivity index (χ0) is 11.6. The maximum Gasteiger partial charge on any atom is 0.211 e. The van der Waals surface area contributed by atoms with Crippen LogP contribution in [0.5, 0.6) is 0 Å². The van der Waals surface area contributed by atoms with E-state index in [9.17, 15) is 8.42 Å². The predicted molar refractivity (Wildman–Crippen MR) is 62.8 cm³/mol. The smallest absolute Gasteiger partial charge is 0.211 e. The van der Waals surface area contributed by atoms with Gasteiger partial charge in [-0.05, 0) is 23.8 Å². The van der Waals surface area contributed by atoms with Crippen LogP contribution >= 0.6 is 23.2 Å². The second-order valence-electron chi connectivity index (χ2n) is 3.30. The highest BCUT2D eigenvalue weighted by Gasteiger charge is 2.11. The second-order valence-corrected chi connectivity index (χ2v) is 6.26. The Morgan fingerprint density at radius 1 is 1.20 bits per heavy atom. The molecule has 15 heavy (non-hydrogen) atoms. The Morgan fingerprint density at radius 3 is 2.07 bits per heavy atom. The van der Waals surface area contributed by atoms with Gasteiger partial charge in [-0.15, -0.1) is 0 Å². The maximum absolute atomic E-state index is 11.2. The molecule has 84 valence electrons. The summed E-state index contributed by atoms with van der Waals surface area (Å²) in [7, 11) is -1.68. The summed E-state index contributed by atoms with van der Waals surface area (Å²) in [4.78, 5) is 0. The standard InChI is InChI=1S/C9H11Cl2NO2S/c1-12(15(2,13)14)6-7-3-8(10)5-9(11)4-7/h3-5H,6H2,1-2H3. The lowest BCUT2D eigenvalue weighted by molar-refractivity contribution is 0.472. The first-order chi connectivity index (χ1) is 6.79. The van der Waals surface area contributed by atoms with Gasteiger partial charge in [-0.2, -0.15) is 0 Å². The molecule has 3 nitrogen and oxygen atoms in total. The number of hydrogen-bond acceptors (Lipinski definition) is 2. The van der Waals surface area contributed by atoms with E-state index in [-0.39, 0.29) is 6.54 Å². The van der Waals surface area contributed by atoms with Gasteiger partial charge in [0.1, 0.15) is 0 Å². The van der Waals surface area contributed by atoms with E-state index in [1.54, 1.807) is 18.2 Å². The summed E-state index contributed by atoms with van der Waals surface area (Å²) in [6, 6.07) is 4.98. The molecule has 0 aliphatic rings. The Hall–Kier alpha value is -0.290. The van der Waals surface area contributed by atoms with Gasteiger partial charge in [-0.1, -0.05) is 23.2 Å². The van der Waals surface area contributed by atoms with Crippen molar-refractivity contribution < 1.29 is 8.42 Å². The van der Waals surface area contributed by atoms with Crippen molar-refractivity contribution >= 4 is 33.2 Å². The van der Waals surface area contributed by atoms with Crippen LogP contribution in [-0.2, 0) is 16.6 Å². The van der Waals surface area contributed by atoms with Crippen LogP contribution in [-0.4, -0.2) is 26.0 Å². The van der Waals surface area contributed by atoms with E-state index < -0.39 is 10.0 Å². The minimum atomic E-state index is -3.18. The molecule has 0 aliphatic carbocycles. The van der Waals surface area contributed by atoms with Crippen LogP contribution in [0.1, 0.15) is 5.56 Å². The van der Waals surface area contributed by atoms with Gasteiger partial charge in [-0.3, -0.25) is 0 Å². The van der Waals surface area contributed by atoms with Crippen molar-refractivity contribution in [1.82, 2.24) is 4.31 Å². The van der Waals surface area contributed by atoms with E-state index in [1.807, 2.05) is 0 Å². The van der Waals surface area contributed by atoms with Crippen molar-refractivity contribution in [3.8, 4) is 0 Å². The van der Waals surface area contributed by atoms with Crippen LogP contribution in [0.4, 0.5) is 0 Å². The highest BCUT2D eigenvalue weighted by molar-refractivity contribution is 7.88. The zero-order valence-corrected chi connectivity index (χ0v) is 10.7. The fraction of sp³-hybridized carbons (Fsp3) is 0.333. The van der Waals surface area contributed by atoms with E-state index in [1.165, 1.54) is 11.4 Å². The lowest BCUT2D eigenvalue weighted by Gasteiger charge is -2.14. The third-order valence-electron chi connectivity index (χ3n) is 1.89. The lowest BCUT2D eigenvalue weighted by Crippen LogP contribution is -2.24. The fourth-order valence-electron chi connectivity index (χ4n) is 1.08. The van der Waals surface area contributed by atoms with Crippen molar-refractivity contribution in [2.75, 3.05) is 13.3 Å². The van der Waals surface area contributed by atoms with E-state index >= 15 is 0 Å². The normalized spacial score (nSPS) is 12.1. The zero-order valence-electron chi connectivity index (χ0n) is 8.37. The first-order valence-corrected chi connectivity index (χ1v) is 6.76. The van der Waals surface area contributed by atoms with E-state index in [2.05, 4.69) is 0 Å². The van der Waals surface area contributed by atoms with Gasteiger partial charge in [-0.25, -0.2) is 12.7 Å². The monoisotopic (exact) mass is 267 g/mol. The molecule has 1 aromatic carbocycles. The van der Waals surface area contributed by atoms with Gasteiger partial charge < -0.3 is 0 Å². The second kappa shape index (κ2) is 4.70. The number of hydrogen-bond donors (Lipinski definition) is 0. The Labute approximate surface area is 99.7 Å². The van der Waals surface area contributed by atoms with Gasteiger partial charge in [0.05, 0.1) is 6.26 Å². The minimum Gasteiger partial charge on any atom is -0.213 e. The molecule has 0 heterocycles. The summed E-state index contributed by atoms with van der Waals surface area (Å²) in [5.41, 5.74) is 0.764. The third-order valence-corrected chi connectivity index (χ3v) is 3.59. The van der Waals surface area contributed by atoms with E-state index in [4.69, 9.17) is 23.2 Å². The highest BCUT2D eigenvalue weighted by Crippen LogP contribution is 2.20. The molecule has 0 spiro atoms. The molecule has 0 amide bonds. The fourth-order valence-corrected chi connectivity index (χ4v) is 2.03. The maximum atomic E-state index is 11.2. The molecule has 0 saturated carbocycles. The summed E-state index contributed by atoms with van der Waals surface area (Å²) in [6.07, 6.45) is 1.15. The average molecular weight is 268 g/mol. The number of benzene rings is 1. The quantitative estimate of drug-likeness (QED) is 0.844. The van der Waals surface area contributed by atoms with Gasteiger partial charge in [0.15, 0.2) is 0 Å². The molecule has 0 radical (unpaired) electrons. The highest BCUT2D eigenvalue weighted by atomic mass is 35.5. The molecule has 0 atom stereocenters. The van der Waals surface area contributed by atoms with Crippen LogP contribution in [0, 0.1) is 0 Å². The summed E-state index contributed by atoms with van der Waals surface area (Å²) in [5.74, 6) is 0. The van der Waals surface area contributed by atoms with Crippen molar-refractivity contribution in [2.45, 2.75) is 6.54 Å². The lowest BCUT2D eigenvalue weighted by atomic mass is 10.2. The topological polar surface area (TPSA) is 37.4 Å². The molecule has 0 bridgehead atoms. The largest absolute Gasteiger partial charge is 0.213 e. The average Bonchev–Trinajstić information content (AvgIpc) is 1.99. The SMILES string of the molecule is CN(Cc1cc(Cl)cc(Cl)c1)S(C)(=O)=O. The first kappa shape index (κ1) is 12.8. The number of nitrogens with zero attached hydrogens (tertiary/aromatic N) is 1.